The molecule has 0 aliphatic heterocycles. The van der Waals surface area contributed by atoms with Gasteiger partial charge in [0.05, 0.1) is 11.6 Å². The Morgan fingerprint density at radius 2 is 2.16 bits per heavy atom. The van der Waals surface area contributed by atoms with Crippen molar-refractivity contribution in [2.24, 2.45) is 0 Å². The maximum Gasteiger partial charge on any atom is 0.246 e. The van der Waals surface area contributed by atoms with Crippen molar-refractivity contribution in [3.63, 3.8) is 0 Å². The van der Waals surface area contributed by atoms with Crippen LogP contribution in [0, 0.1) is 0 Å². The average Bonchev–Trinajstić information content (AvgIpc) is 2.27. The van der Waals surface area contributed by atoms with E-state index >= 15 is 0 Å². The summed E-state index contributed by atoms with van der Waals surface area (Å²) in [6.07, 6.45) is 2.56. The number of nitrogens with zero attached hydrogens (tertiary/aromatic N) is 2. The van der Waals surface area contributed by atoms with Crippen molar-refractivity contribution < 1.29 is 13.2 Å². The van der Waals surface area contributed by atoms with Crippen LogP contribution in [0.2, 0.25) is 5.02 Å². The fourth-order valence-corrected chi connectivity index (χ4v) is 2.90. The lowest BCUT2D eigenvalue weighted by atomic mass is 10.4. The first-order valence-electron chi connectivity index (χ1n) is 5.60. The SMILES string of the molecule is CC(C)NC(=O)CN(C)S(=O)(=O)c1cnccc1Cl. The van der Waals surface area contributed by atoms with Gasteiger partial charge in [-0.2, -0.15) is 4.31 Å². The molecule has 0 saturated heterocycles. The molecule has 0 bridgehead atoms. The second-order valence-corrected chi connectivity index (χ2v) is 6.71. The van der Waals surface area contributed by atoms with Crippen LogP contribution in [-0.2, 0) is 14.8 Å². The predicted octanol–water partition coefficient (Wildman–Crippen LogP) is 0.880. The van der Waals surface area contributed by atoms with Crippen molar-refractivity contribution in [3.8, 4) is 0 Å². The van der Waals surface area contributed by atoms with E-state index in [1.54, 1.807) is 13.8 Å². The smallest absolute Gasteiger partial charge is 0.246 e. The van der Waals surface area contributed by atoms with Gasteiger partial charge in [0.25, 0.3) is 0 Å². The van der Waals surface area contributed by atoms with Gasteiger partial charge in [-0.25, -0.2) is 8.42 Å². The van der Waals surface area contributed by atoms with Crippen LogP contribution < -0.4 is 5.32 Å². The van der Waals surface area contributed by atoms with Gasteiger partial charge >= 0.3 is 0 Å². The molecule has 0 fully saturated rings. The number of hydrogen-bond acceptors (Lipinski definition) is 4. The predicted molar refractivity (Wildman–Crippen MR) is 72.3 cm³/mol. The maximum atomic E-state index is 12.2. The fraction of sp³-hybridized carbons (Fsp3) is 0.455. The molecule has 106 valence electrons. The molecule has 0 spiro atoms. The van der Waals surface area contributed by atoms with Gasteiger partial charge in [0.2, 0.25) is 15.9 Å². The van der Waals surface area contributed by atoms with E-state index in [0.717, 1.165) is 10.5 Å². The van der Waals surface area contributed by atoms with Gasteiger partial charge in [-0.1, -0.05) is 11.6 Å². The molecule has 0 radical (unpaired) electrons. The minimum atomic E-state index is -3.82. The van der Waals surface area contributed by atoms with E-state index in [0.29, 0.717) is 0 Å². The standard InChI is InChI=1S/C11H16ClN3O3S/c1-8(2)14-11(16)7-15(3)19(17,18)10-6-13-5-4-9(10)12/h4-6,8H,7H2,1-3H3,(H,14,16). The van der Waals surface area contributed by atoms with Crippen molar-refractivity contribution in [1.82, 2.24) is 14.6 Å². The van der Waals surface area contributed by atoms with E-state index < -0.39 is 10.0 Å². The zero-order valence-corrected chi connectivity index (χ0v) is 12.5. The number of halogens is 1. The van der Waals surface area contributed by atoms with Gasteiger partial charge < -0.3 is 5.32 Å². The normalized spacial score (nSPS) is 11.9. The average molecular weight is 306 g/mol. The number of aromatic nitrogens is 1. The molecule has 0 aromatic carbocycles. The van der Waals surface area contributed by atoms with Crippen molar-refractivity contribution in [2.45, 2.75) is 24.8 Å². The molecule has 8 heteroatoms. The van der Waals surface area contributed by atoms with E-state index in [-0.39, 0.29) is 28.4 Å². The molecule has 19 heavy (non-hydrogen) atoms. The van der Waals surface area contributed by atoms with Gasteiger partial charge in [0.1, 0.15) is 4.90 Å². The van der Waals surface area contributed by atoms with E-state index in [9.17, 15) is 13.2 Å². The van der Waals surface area contributed by atoms with Crippen LogP contribution in [0.4, 0.5) is 0 Å². The summed E-state index contributed by atoms with van der Waals surface area (Å²) < 4.78 is 25.3. The lowest BCUT2D eigenvalue weighted by molar-refractivity contribution is -0.121. The van der Waals surface area contributed by atoms with Crippen LogP contribution in [-0.4, -0.2) is 43.2 Å². The number of amides is 1. The second-order valence-electron chi connectivity index (χ2n) is 4.29. The maximum absolute atomic E-state index is 12.2. The Bertz CT molecular complexity index is 560. The van der Waals surface area contributed by atoms with Crippen LogP contribution >= 0.6 is 11.6 Å². The van der Waals surface area contributed by atoms with Gasteiger partial charge in [-0.15, -0.1) is 0 Å². The summed E-state index contributed by atoms with van der Waals surface area (Å²) in [7, 11) is -2.50. The third-order valence-electron chi connectivity index (χ3n) is 2.24. The molecule has 1 N–H and O–H groups in total. The second kappa shape index (κ2) is 6.31. The lowest BCUT2D eigenvalue weighted by Gasteiger charge is -2.18. The topological polar surface area (TPSA) is 79.4 Å². The number of hydrogen-bond donors (Lipinski definition) is 1. The summed E-state index contributed by atoms with van der Waals surface area (Å²) in [5.41, 5.74) is 0. The third kappa shape index (κ3) is 4.15. The Morgan fingerprint density at radius 1 is 1.53 bits per heavy atom. The van der Waals surface area contributed by atoms with Gasteiger partial charge in [-0.05, 0) is 19.9 Å². The van der Waals surface area contributed by atoms with Crippen LogP contribution in [0.3, 0.4) is 0 Å². The zero-order chi connectivity index (χ0) is 14.6. The van der Waals surface area contributed by atoms with Crippen LogP contribution in [0.25, 0.3) is 0 Å². The molecule has 1 aromatic rings. The molecule has 0 saturated carbocycles. The molecule has 0 atom stereocenters. The monoisotopic (exact) mass is 305 g/mol. The molecule has 0 unspecified atom stereocenters. The summed E-state index contributed by atoms with van der Waals surface area (Å²) in [6.45, 7) is 3.32. The van der Waals surface area contributed by atoms with Crippen LogP contribution in [0.1, 0.15) is 13.8 Å². The van der Waals surface area contributed by atoms with Gasteiger partial charge in [-0.3, -0.25) is 9.78 Å². The number of pyridine rings is 1. The van der Waals surface area contributed by atoms with Gasteiger partial charge in [0, 0.05) is 25.5 Å². The van der Waals surface area contributed by atoms with E-state index in [1.807, 2.05) is 0 Å². The number of carbonyl (C=O) groups excluding carboxylic acids is 1. The lowest BCUT2D eigenvalue weighted by Crippen LogP contribution is -2.40. The molecular weight excluding hydrogens is 290 g/mol. The number of carbonyl (C=O) groups is 1. The summed E-state index contributed by atoms with van der Waals surface area (Å²) in [5, 5.41) is 2.69. The zero-order valence-electron chi connectivity index (χ0n) is 10.9. The third-order valence-corrected chi connectivity index (χ3v) is 4.51. The first-order chi connectivity index (χ1) is 8.75. The van der Waals surface area contributed by atoms with E-state index in [4.69, 9.17) is 11.6 Å². The first kappa shape index (κ1) is 15.9. The highest BCUT2D eigenvalue weighted by Gasteiger charge is 2.25. The number of rotatable bonds is 5. The van der Waals surface area contributed by atoms with Crippen molar-refractivity contribution in [3.05, 3.63) is 23.5 Å². The highest BCUT2D eigenvalue weighted by atomic mass is 35.5. The molecule has 1 aromatic heterocycles. The Kier molecular flexibility index (Phi) is 5.28. The van der Waals surface area contributed by atoms with Crippen LogP contribution in [0.5, 0.6) is 0 Å². The van der Waals surface area contributed by atoms with Crippen molar-refractivity contribution >= 4 is 27.5 Å². The first-order valence-corrected chi connectivity index (χ1v) is 7.42. The minimum Gasteiger partial charge on any atom is -0.353 e. The molecular formula is C11H16ClN3O3S. The highest BCUT2D eigenvalue weighted by Crippen LogP contribution is 2.22. The van der Waals surface area contributed by atoms with Crippen molar-refractivity contribution in [1.29, 1.82) is 0 Å². The number of likely N-dealkylation sites (N-methyl/N-ethyl adjacent to an activating group) is 1. The van der Waals surface area contributed by atoms with E-state index in [2.05, 4.69) is 10.3 Å². The Hall–Kier alpha value is -1.18. The molecule has 0 aliphatic carbocycles. The van der Waals surface area contributed by atoms with E-state index in [1.165, 1.54) is 19.3 Å². The summed E-state index contributed by atoms with van der Waals surface area (Å²) >= 11 is 5.83. The molecule has 0 aliphatic rings. The summed E-state index contributed by atoms with van der Waals surface area (Å²) in [5.74, 6) is -0.374. The molecule has 1 amide bonds. The van der Waals surface area contributed by atoms with Gasteiger partial charge in [0.15, 0.2) is 0 Å². The largest absolute Gasteiger partial charge is 0.353 e. The fourth-order valence-electron chi connectivity index (χ4n) is 1.38. The molecule has 1 rings (SSSR count). The molecule has 1 heterocycles. The molecule has 6 nitrogen and oxygen atoms in total. The minimum absolute atomic E-state index is 0.0504. The number of nitrogens with one attached hydrogen (secondary N) is 1. The van der Waals surface area contributed by atoms with Crippen LogP contribution in [0.15, 0.2) is 23.4 Å². The Morgan fingerprint density at radius 3 is 2.68 bits per heavy atom. The summed E-state index contributed by atoms with van der Waals surface area (Å²) in [6, 6.07) is 1.33. The summed E-state index contributed by atoms with van der Waals surface area (Å²) in [4.78, 5) is 15.2. The quantitative estimate of drug-likeness (QED) is 0.876. The highest BCUT2D eigenvalue weighted by molar-refractivity contribution is 7.89. The Balaban J connectivity index is 2.90. The number of sulfonamides is 1. The Labute approximate surface area is 117 Å². The van der Waals surface area contributed by atoms with Crippen molar-refractivity contribution in [2.75, 3.05) is 13.6 Å².